The lowest BCUT2D eigenvalue weighted by molar-refractivity contribution is 0.0686. The van der Waals surface area contributed by atoms with Crippen molar-refractivity contribution in [3.8, 4) is 34.1 Å². The minimum Gasteiger partial charge on any atom is -0.478 e. The van der Waals surface area contributed by atoms with Crippen molar-refractivity contribution in [2.45, 2.75) is 0 Å². The number of fused-ring (bicyclic) bond motifs is 2. The lowest BCUT2D eigenvalue weighted by Gasteiger charge is -2.17. The van der Waals surface area contributed by atoms with E-state index in [1.165, 1.54) is 36.4 Å². The Morgan fingerprint density at radius 1 is 0.407 bits per heavy atom. The molecule has 0 radical (unpaired) electrons. The van der Waals surface area contributed by atoms with Crippen LogP contribution in [-0.4, -0.2) is 45.8 Å². The van der Waals surface area contributed by atoms with E-state index in [9.17, 15) is 39.0 Å². The number of amides is 4. The predicted octanol–water partition coefficient (Wildman–Crippen LogP) is 7.94. The molecule has 0 spiro atoms. The first-order valence-corrected chi connectivity index (χ1v) is 16.4. The molecule has 262 valence electrons. The fraction of sp³-hybridized carbons (Fsp3) is 0. The number of rotatable bonds is 9. The van der Waals surface area contributed by atoms with Gasteiger partial charge in [-0.3, -0.25) is 19.2 Å². The van der Waals surface area contributed by atoms with E-state index in [0.29, 0.717) is 45.5 Å². The number of hydrogen-bond donors (Lipinski definition) is 2. The zero-order valence-corrected chi connectivity index (χ0v) is 27.8. The van der Waals surface area contributed by atoms with Crippen LogP contribution in [0.2, 0.25) is 0 Å². The number of para-hydroxylation sites is 2. The zero-order valence-electron chi connectivity index (χ0n) is 27.8. The number of imide groups is 2. The van der Waals surface area contributed by atoms with Crippen LogP contribution in [0, 0.1) is 0 Å². The van der Waals surface area contributed by atoms with Gasteiger partial charge < -0.3 is 19.7 Å². The molecule has 0 aromatic heterocycles. The quantitative estimate of drug-likeness (QED) is 0.140. The number of nitrogens with zero attached hydrogens (tertiary/aromatic N) is 2. The summed E-state index contributed by atoms with van der Waals surface area (Å²) in [5.41, 5.74) is 2.06. The zero-order chi connectivity index (χ0) is 37.7. The molecule has 12 heteroatoms. The highest BCUT2D eigenvalue weighted by molar-refractivity contribution is 6.35. The van der Waals surface area contributed by atoms with Crippen molar-refractivity contribution in [2.24, 2.45) is 0 Å². The number of carboxylic acids is 2. The summed E-state index contributed by atoms with van der Waals surface area (Å²) < 4.78 is 12.5. The molecule has 2 aliphatic rings. The predicted molar refractivity (Wildman–Crippen MR) is 194 cm³/mol. The first-order chi connectivity index (χ1) is 26.1. The molecule has 2 aliphatic heterocycles. The summed E-state index contributed by atoms with van der Waals surface area (Å²) in [6, 6.07) is 34.9. The monoisotopic (exact) mass is 716 g/mol. The van der Waals surface area contributed by atoms with Crippen molar-refractivity contribution >= 4 is 46.9 Å². The third-order valence-electron chi connectivity index (χ3n) is 8.98. The van der Waals surface area contributed by atoms with Gasteiger partial charge in [0, 0.05) is 11.1 Å². The summed E-state index contributed by atoms with van der Waals surface area (Å²) >= 11 is 0. The topological polar surface area (TPSA) is 168 Å². The molecule has 0 bridgehead atoms. The first kappa shape index (κ1) is 33.3. The molecule has 0 saturated carbocycles. The van der Waals surface area contributed by atoms with Crippen molar-refractivity contribution < 1.29 is 48.5 Å². The molecule has 0 fully saturated rings. The molecule has 0 unspecified atom stereocenters. The van der Waals surface area contributed by atoms with Gasteiger partial charge in [-0.1, -0.05) is 36.4 Å². The summed E-state index contributed by atoms with van der Waals surface area (Å²) in [5, 5.41) is 18.6. The van der Waals surface area contributed by atoms with Gasteiger partial charge in [-0.2, -0.15) is 0 Å². The number of hydrogen-bond acceptors (Lipinski definition) is 8. The Kier molecular flexibility index (Phi) is 8.04. The molecule has 0 saturated heterocycles. The van der Waals surface area contributed by atoms with Gasteiger partial charge in [-0.05, 0) is 97.1 Å². The highest BCUT2D eigenvalue weighted by Crippen LogP contribution is 2.41. The highest BCUT2D eigenvalue weighted by atomic mass is 16.5. The Labute approximate surface area is 305 Å². The van der Waals surface area contributed by atoms with Gasteiger partial charge in [-0.25, -0.2) is 19.4 Å². The smallest absolute Gasteiger partial charge is 0.335 e. The van der Waals surface area contributed by atoms with Gasteiger partial charge >= 0.3 is 11.9 Å². The van der Waals surface area contributed by atoms with Crippen LogP contribution in [0.5, 0.6) is 23.0 Å². The fourth-order valence-electron chi connectivity index (χ4n) is 6.35. The molecular formula is C42H24N2O10. The minimum atomic E-state index is -1.20. The average Bonchev–Trinajstić information content (AvgIpc) is 3.59. The van der Waals surface area contributed by atoms with Gasteiger partial charge in [0.15, 0.2) is 0 Å². The molecule has 54 heavy (non-hydrogen) atoms. The minimum absolute atomic E-state index is 0.0198. The van der Waals surface area contributed by atoms with E-state index in [2.05, 4.69) is 0 Å². The number of aromatic carboxylic acids is 2. The molecule has 0 atom stereocenters. The van der Waals surface area contributed by atoms with E-state index in [-0.39, 0.29) is 33.4 Å². The van der Waals surface area contributed by atoms with Gasteiger partial charge in [-0.15, -0.1) is 0 Å². The third kappa shape index (κ3) is 5.69. The summed E-state index contributed by atoms with van der Waals surface area (Å²) in [7, 11) is 0. The summed E-state index contributed by atoms with van der Waals surface area (Å²) in [6.45, 7) is 0. The van der Waals surface area contributed by atoms with E-state index in [4.69, 9.17) is 9.47 Å². The van der Waals surface area contributed by atoms with Crippen LogP contribution in [0.4, 0.5) is 11.4 Å². The lowest BCUT2D eigenvalue weighted by atomic mass is 10.0. The van der Waals surface area contributed by atoms with Crippen LogP contribution in [0.15, 0.2) is 133 Å². The van der Waals surface area contributed by atoms with Gasteiger partial charge in [0.25, 0.3) is 23.6 Å². The van der Waals surface area contributed by atoms with Crippen LogP contribution in [-0.2, 0) is 0 Å². The average molecular weight is 717 g/mol. The van der Waals surface area contributed by atoms with Gasteiger partial charge in [0.1, 0.15) is 23.0 Å². The second kappa shape index (κ2) is 13.0. The summed E-state index contributed by atoms with van der Waals surface area (Å²) in [6.07, 6.45) is 0. The lowest BCUT2D eigenvalue weighted by Crippen LogP contribution is -2.29. The first-order valence-electron chi connectivity index (χ1n) is 16.4. The Morgan fingerprint density at radius 2 is 0.759 bits per heavy atom. The molecule has 0 aliphatic carbocycles. The molecule has 6 aromatic carbocycles. The number of anilines is 2. The Morgan fingerprint density at radius 3 is 1.13 bits per heavy atom. The van der Waals surface area contributed by atoms with Crippen molar-refractivity contribution in [3.63, 3.8) is 0 Å². The van der Waals surface area contributed by atoms with E-state index in [1.54, 1.807) is 72.8 Å². The van der Waals surface area contributed by atoms with Crippen molar-refractivity contribution in [2.75, 3.05) is 9.80 Å². The fourth-order valence-corrected chi connectivity index (χ4v) is 6.35. The van der Waals surface area contributed by atoms with Crippen LogP contribution < -0.4 is 19.3 Å². The number of benzene rings is 6. The maximum Gasteiger partial charge on any atom is 0.335 e. The molecule has 8 rings (SSSR count). The second-order valence-electron chi connectivity index (χ2n) is 12.2. The summed E-state index contributed by atoms with van der Waals surface area (Å²) in [5.74, 6) is -2.98. The Balaban J connectivity index is 1.00. The Bertz CT molecular complexity index is 2420. The van der Waals surface area contributed by atoms with Crippen LogP contribution in [0.3, 0.4) is 0 Å². The number of carbonyl (C=O) groups excluding carboxylic acids is 4. The highest BCUT2D eigenvalue weighted by Gasteiger charge is 2.38. The van der Waals surface area contributed by atoms with Crippen molar-refractivity contribution in [3.05, 3.63) is 167 Å². The molecule has 2 N–H and O–H groups in total. The second-order valence-corrected chi connectivity index (χ2v) is 12.2. The molecule has 12 nitrogen and oxygen atoms in total. The van der Waals surface area contributed by atoms with Gasteiger partial charge in [0.2, 0.25) is 0 Å². The number of carbonyl (C=O) groups is 6. The van der Waals surface area contributed by atoms with Crippen LogP contribution in [0.1, 0.15) is 62.1 Å². The van der Waals surface area contributed by atoms with Crippen molar-refractivity contribution in [1.82, 2.24) is 0 Å². The SMILES string of the molecule is O=C(O)c1ccc2c(c1)C(=O)N(c1ccc(Oc3ccccc3-c3ccccc3Oc3ccc(N4C(=O)c5ccc(C(=O)O)cc5C4=O)cc3)cc1)C2=O. The normalized spacial score (nSPS) is 13.2. The van der Waals surface area contributed by atoms with Gasteiger partial charge in [0.05, 0.1) is 44.8 Å². The van der Waals surface area contributed by atoms with E-state index >= 15 is 0 Å². The summed E-state index contributed by atoms with van der Waals surface area (Å²) in [4.78, 5) is 77.2. The van der Waals surface area contributed by atoms with E-state index < -0.39 is 35.6 Å². The molecule has 2 heterocycles. The standard InChI is InChI=1S/C42H24N2O10/c45-37-31-19-9-23(41(49)50)21-33(31)39(47)43(37)25-11-15-27(16-12-25)53-35-7-3-1-5-29(35)30-6-2-4-8-36(30)54-28-17-13-26(14-18-28)44-38(46)32-20-10-24(42(51)52)22-34(32)40(44)48/h1-22H,(H,49,50)(H,51,52). The van der Waals surface area contributed by atoms with Crippen molar-refractivity contribution in [1.29, 1.82) is 0 Å². The largest absolute Gasteiger partial charge is 0.478 e. The van der Waals surface area contributed by atoms with Crippen LogP contribution in [0.25, 0.3) is 11.1 Å². The third-order valence-corrected chi connectivity index (χ3v) is 8.98. The maximum atomic E-state index is 13.1. The molecule has 4 amide bonds. The molecular weight excluding hydrogens is 692 g/mol. The maximum absolute atomic E-state index is 13.1. The molecule has 6 aromatic rings. The van der Waals surface area contributed by atoms with E-state index in [0.717, 1.165) is 9.80 Å². The van der Waals surface area contributed by atoms with Crippen LogP contribution >= 0.6 is 0 Å². The number of ether oxygens (including phenoxy) is 2. The Hall–Kier alpha value is -7.86. The van der Waals surface area contributed by atoms with E-state index in [1.807, 2.05) is 24.3 Å². The number of carboxylic acid groups (broad SMARTS) is 2.